The summed E-state index contributed by atoms with van der Waals surface area (Å²) in [6, 6.07) is 8.49. The van der Waals surface area contributed by atoms with E-state index in [9.17, 15) is 0 Å². The number of halogens is 1. The number of nitrogens with zero attached hydrogens (tertiary/aromatic N) is 1. The lowest BCUT2D eigenvalue weighted by molar-refractivity contribution is 0.0276. The zero-order valence-electron chi connectivity index (χ0n) is 11.7. The van der Waals surface area contributed by atoms with Gasteiger partial charge in [0.25, 0.3) is 0 Å². The average molecular weight is 327 g/mol. The van der Waals surface area contributed by atoms with Crippen LogP contribution in [0.5, 0.6) is 0 Å². The molecule has 1 aliphatic heterocycles. The minimum atomic E-state index is 0.385. The van der Waals surface area contributed by atoms with Gasteiger partial charge in [-0.15, -0.1) is 0 Å². The van der Waals surface area contributed by atoms with Crippen LogP contribution in [-0.2, 0) is 11.3 Å². The predicted molar refractivity (Wildman–Crippen MR) is 82.3 cm³/mol. The second-order valence-electron chi connectivity index (χ2n) is 5.34. The van der Waals surface area contributed by atoms with Crippen LogP contribution < -0.4 is 5.32 Å². The van der Waals surface area contributed by atoms with Gasteiger partial charge in [0.2, 0.25) is 0 Å². The molecule has 19 heavy (non-hydrogen) atoms. The lowest BCUT2D eigenvalue weighted by atomic mass is 10.1. The van der Waals surface area contributed by atoms with Gasteiger partial charge in [-0.25, -0.2) is 0 Å². The van der Waals surface area contributed by atoms with Crippen LogP contribution in [0.4, 0.5) is 0 Å². The summed E-state index contributed by atoms with van der Waals surface area (Å²) in [5, 5.41) is 3.19. The van der Waals surface area contributed by atoms with Crippen molar-refractivity contribution in [2.75, 3.05) is 27.2 Å². The minimum absolute atomic E-state index is 0.385. The summed E-state index contributed by atoms with van der Waals surface area (Å²) in [7, 11) is 4.14. The molecule has 2 atom stereocenters. The van der Waals surface area contributed by atoms with E-state index >= 15 is 0 Å². The van der Waals surface area contributed by atoms with Crippen LogP contribution in [0.15, 0.2) is 28.7 Å². The van der Waals surface area contributed by atoms with Crippen molar-refractivity contribution in [2.24, 2.45) is 0 Å². The van der Waals surface area contributed by atoms with Gasteiger partial charge in [0.05, 0.1) is 12.2 Å². The molecule has 0 spiro atoms. The summed E-state index contributed by atoms with van der Waals surface area (Å²) < 4.78 is 7.16. The molecule has 0 bridgehead atoms. The summed E-state index contributed by atoms with van der Waals surface area (Å²) in [6.07, 6.45) is 3.13. The zero-order chi connectivity index (χ0) is 13.7. The van der Waals surface area contributed by atoms with Gasteiger partial charge in [-0.1, -0.05) is 28.1 Å². The van der Waals surface area contributed by atoms with Gasteiger partial charge in [-0.05, 0) is 44.6 Å². The normalized spacial score (nSPS) is 23.2. The number of nitrogens with one attached hydrogen (secondary N) is 1. The van der Waals surface area contributed by atoms with Gasteiger partial charge < -0.3 is 10.1 Å². The van der Waals surface area contributed by atoms with Gasteiger partial charge in [0, 0.05) is 24.1 Å². The van der Waals surface area contributed by atoms with E-state index in [1.165, 1.54) is 18.4 Å². The summed E-state index contributed by atoms with van der Waals surface area (Å²) in [6.45, 7) is 2.94. The van der Waals surface area contributed by atoms with E-state index in [4.69, 9.17) is 4.74 Å². The molecule has 106 valence electrons. The van der Waals surface area contributed by atoms with Crippen molar-refractivity contribution in [2.45, 2.75) is 31.6 Å². The molecule has 1 saturated heterocycles. The summed E-state index contributed by atoms with van der Waals surface area (Å²) >= 11 is 3.52. The highest BCUT2D eigenvalue weighted by atomic mass is 79.9. The van der Waals surface area contributed by atoms with Crippen molar-refractivity contribution in [3.8, 4) is 0 Å². The molecule has 1 fully saturated rings. The van der Waals surface area contributed by atoms with E-state index in [1.807, 2.05) is 7.05 Å². The van der Waals surface area contributed by atoms with Gasteiger partial charge in [-0.3, -0.25) is 4.90 Å². The predicted octanol–water partition coefficient (Wildman–Crippen LogP) is 2.65. The highest BCUT2D eigenvalue weighted by Crippen LogP contribution is 2.20. The molecule has 1 aliphatic rings. The molecule has 2 rings (SSSR count). The maximum absolute atomic E-state index is 6.02. The summed E-state index contributed by atoms with van der Waals surface area (Å²) in [4.78, 5) is 2.34. The maximum atomic E-state index is 6.02. The summed E-state index contributed by atoms with van der Waals surface area (Å²) in [5.74, 6) is 0. The second kappa shape index (κ2) is 7.39. The van der Waals surface area contributed by atoms with Crippen LogP contribution in [0.1, 0.15) is 18.4 Å². The standard InChI is InChI=1S/C15H23BrN2O/c1-17-9-14-6-7-15(19-14)11-18(2)10-12-4-3-5-13(16)8-12/h3-5,8,14-15,17H,6-7,9-11H2,1-2H3. The Bertz CT molecular complexity index is 399. The Morgan fingerprint density at radius 3 is 2.89 bits per heavy atom. The summed E-state index contributed by atoms with van der Waals surface area (Å²) in [5.41, 5.74) is 1.33. The van der Waals surface area contributed by atoms with Gasteiger partial charge in [0.15, 0.2) is 0 Å². The van der Waals surface area contributed by atoms with E-state index in [2.05, 4.69) is 57.5 Å². The smallest absolute Gasteiger partial charge is 0.0707 e. The lowest BCUT2D eigenvalue weighted by Gasteiger charge is -2.21. The third-order valence-corrected chi connectivity index (χ3v) is 3.98. The average Bonchev–Trinajstić information content (AvgIpc) is 2.77. The second-order valence-corrected chi connectivity index (χ2v) is 6.26. The molecule has 1 aromatic rings. The number of benzene rings is 1. The van der Waals surface area contributed by atoms with E-state index in [-0.39, 0.29) is 0 Å². The molecule has 4 heteroatoms. The van der Waals surface area contributed by atoms with Crippen LogP contribution >= 0.6 is 15.9 Å². The molecule has 1 aromatic carbocycles. The van der Waals surface area contributed by atoms with Crippen LogP contribution in [0, 0.1) is 0 Å². The molecular formula is C15H23BrN2O. The topological polar surface area (TPSA) is 24.5 Å². The fourth-order valence-electron chi connectivity index (χ4n) is 2.65. The maximum Gasteiger partial charge on any atom is 0.0707 e. The molecule has 0 radical (unpaired) electrons. The third kappa shape index (κ3) is 4.88. The van der Waals surface area contributed by atoms with E-state index in [0.717, 1.165) is 24.1 Å². The molecule has 0 saturated carbocycles. The fourth-order valence-corrected chi connectivity index (χ4v) is 3.10. The molecular weight excluding hydrogens is 304 g/mol. The minimum Gasteiger partial charge on any atom is -0.372 e. The third-order valence-electron chi connectivity index (χ3n) is 3.48. The van der Waals surface area contributed by atoms with Crippen molar-refractivity contribution in [3.05, 3.63) is 34.3 Å². The van der Waals surface area contributed by atoms with E-state index in [1.54, 1.807) is 0 Å². The molecule has 0 amide bonds. The van der Waals surface area contributed by atoms with Crippen LogP contribution in [0.25, 0.3) is 0 Å². The number of hydrogen-bond acceptors (Lipinski definition) is 3. The number of ether oxygens (including phenoxy) is 1. The Morgan fingerprint density at radius 1 is 1.37 bits per heavy atom. The molecule has 0 aromatic heterocycles. The molecule has 2 unspecified atom stereocenters. The number of hydrogen-bond donors (Lipinski definition) is 1. The fraction of sp³-hybridized carbons (Fsp3) is 0.600. The van der Waals surface area contributed by atoms with Crippen LogP contribution in [0.2, 0.25) is 0 Å². The Kier molecular flexibility index (Phi) is 5.82. The Morgan fingerprint density at radius 2 is 2.16 bits per heavy atom. The molecule has 1 heterocycles. The Balaban J connectivity index is 1.77. The molecule has 1 N–H and O–H groups in total. The monoisotopic (exact) mass is 326 g/mol. The Hall–Kier alpha value is -0.420. The Labute approximate surface area is 124 Å². The van der Waals surface area contributed by atoms with Gasteiger partial charge in [0.1, 0.15) is 0 Å². The molecule has 3 nitrogen and oxygen atoms in total. The first kappa shape index (κ1) is 15.0. The van der Waals surface area contributed by atoms with Crippen molar-refractivity contribution in [1.82, 2.24) is 10.2 Å². The first-order chi connectivity index (χ1) is 9.17. The van der Waals surface area contributed by atoms with E-state index in [0.29, 0.717) is 12.2 Å². The SMILES string of the molecule is CNCC1CCC(CN(C)Cc2cccc(Br)c2)O1. The largest absolute Gasteiger partial charge is 0.372 e. The van der Waals surface area contributed by atoms with Crippen molar-refractivity contribution >= 4 is 15.9 Å². The highest BCUT2D eigenvalue weighted by Gasteiger charge is 2.25. The molecule has 0 aliphatic carbocycles. The number of likely N-dealkylation sites (N-methyl/N-ethyl adjacent to an activating group) is 2. The van der Waals surface area contributed by atoms with Crippen molar-refractivity contribution in [1.29, 1.82) is 0 Å². The lowest BCUT2D eigenvalue weighted by Crippen LogP contribution is -2.30. The first-order valence-electron chi connectivity index (χ1n) is 6.90. The van der Waals surface area contributed by atoms with Crippen LogP contribution in [0.3, 0.4) is 0 Å². The van der Waals surface area contributed by atoms with Crippen LogP contribution in [-0.4, -0.2) is 44.3 Å². The van der Waals surface area contributed by atoms with Crippen molar-refractivity contribution in [3.63, 3.8) is 0 Å². The van der Waals surface area contributed by atoms with Gasteiger partial charge in [-0.2, -0.15) is 0 Å². The van der Waals surface area contributed by atoms with Gasteiger partial charge >= 0.3 is 0 Å². The zero-order valence-corrected chi connectivity index (χ0v) is 13.3. The quantitative estimate of drug-likeness (QED) is 0.869. The van der Waals surface area contributed by atoms with Crippen molar-refractivity contribution < 1.29 is 4.74 Å². The first-order valence-corrected chi connectivity index (χ1v) is 7.69. The number of rotatable bonds is 6. The highest BCUT2D eigenvalue weighted by molar-refractivity contribution is 9.10. The van der Waals surface area contributed by atoms with E-state index < -0.39 is 0 Å².